The van der Waals surface area contributed by atoms with Crippen molar-refractivity contribution in [3.8, 4) is 5.75 Å². The molecule has 0 bridgehead atoms. The van der Waals surface area contributed by atoms with Crippen molar-refractivity contribution in [2.24, 2.45) is 0 Å². The van der Waals surface area contributed by atoms with Gasteiger partial charge in [0, 0.05) is 12.8 Å². The van der Waals surface area contributed by atoms with Crippen LogP contribution in [-0.2, 0) is 14.2 Å². The van der Waals surface area contributed by atoms with E-state index in [4.69, 9.17) is 14.2 Å². The average Bonchev–Trinajstić information content (AvgIpc) is 2.67. The molecule has 1 aromatic rings. The first-order valence-electron chi connectivity index (χ1n) is 8.94. The van der Waals surface area contributed by atoms with Crippen LogP contribution in [0.3, 0.4) is 0 Å². The molecule has 0 saturated carbocycles. The molecule has 9 heteroatoms. The Hall–Kier alpha value is -1.30. The van der Waals surface area contributed by atoms with E-state index < -0.39 is 49.0 Å². The normalized spacial score (nSPS) is 40.0. The second-order valence-electron chi connectivity index (χ2n) is 6.96. The Morgan fingerprint density at radius 2 is 1.52 bits per heavy atom. The third kappa shape index (κ3) is 4.58. The summed E-state index contributed by atoms with van der Waals surface area (Å²) in [6.45, 7) is -0.632. The van der Waals surface area contributed by atoms with Crippen LogP contribution < -0.4 is 0 Å². The number of benzene rings is 1. The van der Waals surface area contributed by atoms with E-state index in [2.05, 4.69) is 0 Å². The molecule has 27 heavy (non-hydrogen) atoms. The molecule has 0 spiro atoms. The summed E-state index contributed by atoms with van der Waals surface area (Å²) in [6.07, 6.45) is -7.57. The second-order valence-corrected chi connectivity index (χ2v) is 6.96. The maximum Gasteiger partial charge on any atom is 0.186 e. The van der Waals surface area contributed by atoms with Gasteiger partial charge in [-0.1, -0.05) is 12.1 Å². The fraction of sp³-hybridized carbons (Fsp3) is 0.667. The summed E-state index contributed by atoms with van der Waals surface area (Å²) in [6, 6.07) is 6.11. The Morgan fingerprint density at radius 3 is 2.15 bits per heavy atom. The van der Waals surface area contributed by atoms with Crippen LogP contribution in [0.25, 0.3) is 0 Å². The van der Waals surface area contributed by atoms with E-state index in [9.17, 15) is 30.6 Å². The van der Waals surface area contributed by atoms with Gasteiger partial charge in [-0.05, 0) is 17.7 Å². The number of rotatable bonds is 5. The zero-order valence-corrected chi connectivity index (χ0v) is 14.7. The Morgan fingerprint density at radius 1 is 0.889 bits per heavy atom. The molecular formula is C18H26O9. The van der Waals surface area contributed by atoms with Gasteiger partial charge in [-0.15, -0.1) is 0 Å². The van der Waals surface area contributed by atoms with Crippen LogP contribution in [0.1, 0.15) is 24.5 Å². The van der Waals surface area contributed by atoms with Crippen molar-refractivity contribution < 1.29 is 44.8 Å². The second kappa shape index (κ2) is 8.80. The molecule has 9 nitrogen and oxygen atoms in total. The molecule has 0 radical (unpaired) electrons. The molecule has 0 aliphatic carbocycles. The molecule has 2 fully saturated rings. The highest BCUT2D eigenvalue weighted by Gasteiger charge is 2.44. The van der Waals surface area contributed by atoms with Crippen molar-refractivity contribution in [1.29, 1.82) is 0 Å². The average molecular weight is 386 g/mol. The van der Waals surface area contributed by atoms with Gasteiger partial charge in [0.1, 0.15) is 24.1 Å². The Labute approximate surface area is 156 Å². The molecule has 2 saturated heterocycles. The number of ether oxygens (including phenoxy) is 3. The maximum absolute atomic E-state index is 10.7. The molecule has 8 atom stereocenters. The lowest BCUT2D eigenvalue weighted by Gasteiger charge is -2.43. The van der Waals surface area contributed by atoms with E-state index in [0.717, 1.165) is 0 Å². The van der Waals surface area contributed by atoms with Crippen LogP contribution in [0.5, 0.6) is 5.75 Å². The van der Waals surface area contributed by atoms with Gasteiger partial charge >= 0.3 is 0 Å². The molecule has 1 aromatic carbocycles. The molecule has 0 amide bonds. The molecule has 2 heterocycles. The number of phenols is 1. The third-order valence-corrected chi connectivity index (χ3v) is 4.97. The van der Waals surface area contributed by atoms with Gasteiger partial charge in [0.15, 0.2) is 6.29 Å². The van der Waals surface area contributed by atoms with E-state index in [1.807, 2.05) is 0 Å². The van der Waals surface area contributed by atoms with Gasteiger partial charge in [-0.3, -0.25) is 0 Å². The first kappa shape index (κ1) is 20.4. The molecule has 3 rings (SSSR count). The standard InChI is InChI=1S/C18H26O9/c19-7-11-5-13(22)15(23)18(26-11)27-14-6-12(8-20)25-17(16(14)24)9-1-3-10(21)4-2-9/h1-4,11-24H,5-8H2. The quantitative estimate of drug-likeness (QED) is 0.366. The topological polar surface area (TPSA) is 149 Å². The van der Waals surface area contributed by atoms with Crippen LogP contribution in [-0.4, -0.2) is 86.8 Å². The van der Waals surface area contributed by atoms with E-state index in [1.165, 1.54) is 12.1 Å². The van der Waals surface area contributed by atoms with E-state index in [0.29, 0.717) is 5.56 Å². The Balaban J connectivity index is 1.75. The minimum atomic E-state index is -1.33. The van der Waals surface area contributed by atoms with Gasteiger partial charge in [-0.2, -0.15) is 0 Å². The van der Waals surface area contributed by atoms with Gasteiger partial charge in [0.2, 0.25) is 0 Å². The smallest absolute Gasteiger partial charge is 0.186 e. The summed E-state index contributed by atoms with van der Waals surface area (Å²) >= 11 is 0. The number of aromatic hydroxyl groups is 1. The fourth-order valence-corrected chi connectivity index (χ4v) is 3.45. The molecule has 0 aromatic heterocycles. The minimum Gasteiger partial charge on any atom is -0.508 e. The SMILES string of the molecule is OCC1CC(O)C(O)C(OC2CC(CO)OC(c3ccc(O)cc3)C2O)O1. The van der Waals surface area contributed by atoms with Crippen LogP contribution in [0.4, 0.5) is 0 Å². The summed E-state index contributed by atoms with van der Waals surface area (Å²) in [4.78, 5) is 0. The van der Waals surface area contributed by atoms with Crippen molar-refractivity contribution in [2.75, 3.05) is 13.2 Å². The number of hydrogen-bond acceptors (Lipinski definition) is 9. The lowest BCUT2D eigenvalue weighted by molar-refractivity contribution is -0.309. The van der Waals surface area contributed by atoms with Crippen molar-refractivity contribution in [1.82, 2.24) is 0 Å². The third-order valence-electron chi connectivity index (χ3n) is 4.97. The first-order valence-corrected chi connectivity index (χ1v) is 8.94. The predicted molar refractivity (Wildman–Crippen MR) is 90.7 cm³/mol. The lowest BCUT2D eigenvalue weighted by atomic mass is 9.93. The minimum absolute atomic E-state index is 0.0679. The van der Waals surface area contributed by atoms with Crippen LogP contribution in [0.2, 0.25) is 0 Å². The largest absolute Gasteiger partial charge is 0.508 e. The molecule has 6 N–H and O–H groups in total. The van der Waals surface area contributed by atoms with Gasteiger partial charge < -0.3 is 44.8 Å². The van der Waals surface area contributed by atoms with Crippen molar-refractivity contribution >= 4 is 0 Å². The Bertz CT molecular complexity index is 595. The molecule has 2 aliphatic rings. The highest BCUT2D eigenvalue weighted by molar-refractivity contribution is 5.28. The fourth-order valence-electron chi connectivity index (χ4n) is 3.45. The van der Waals surface area contributed by atoms with Gasteiger partial charge in [0.05, 0.1) is 37.6 Å². The number of hydrogen-bond donors (Lipinski definition) is 6. The van der Waals surface area contributed by atoms with Crippen molar-refractivity contribution in [2.45, 2.75) is 61.9 Å². The number of aliphatic hydroxyl groups is 5. The monoisotopic (exact) mass is 386 g/mol. The van der Waals surface area contributed by atoms with Crippen LogP contribution >= 0.6 is 0 Å². The summed E-state index contributed by atoms with van der Waals surface area (Å²) < 4.78 is 16.9. The van der Waals surface area contributed by atoms with E-state index in [-0.39, 0.29) is 31.8 Å². The van der Waals surface area contributed by atoms with Gasteiger partial charge in [-0.25, -0.2) is 0 Å². The summed E-state index contributed by atoms with van der Waals surface area (Å²) in [5.41, 5.74) is 0.588. The molecule has 152 valence electrons. The predicted octanol–water partition coefficient (Wildman–Crippen LogP) is -1.21. The van der Waals surface area contributed by atoms with Crippen LogP contribution in [0.15, 0.2) is 24.3 Å². The lowest BCUT2D eigenvalue weighted by Crippen LogP contribution is -2.54. The zero-order chi connectivity index (χ0) is 19.6. The maximum atomic E-state index is 10.7. The summed E-state index contributed by atoms with van der Waals surface area (Å²) in [5.74, 6) is 0.0679. The summed E-state index contributed by atoms with van der Waals surface area (Å²) in [7, 11) is 0. The summed E-state index contributed by atoms with van der Waals surface area (Å²) in [5, 5.41) is 59.0. The Kier molecular flexibility index (Phi) is 6.66. The first-order chi connectivity index (χ1) is 12.9. The number of phenolic OH excluding ortho intramolecular Hbond substituents is 1. The molecule has 2 aliphatic heterocycles. The van der Waals surface area contributed by atoms with E-state index in [1.54, 1.807) is 12.1 Å². The highest BCUT2D eigenvalue weighted by Crippen LogP contribution is 2.35. The van der Waals surface area contributed by atoms with E-state index >= 15 is 0 Å². The zero-order valence-electron chi connectivity index (χ0n) is 14.7. The highest BCUT2D eigenvalue weighted by atomic mass is 16.7. The number of aliphatic hydroxyl groups excluding tert-OH is 5. The van der Waals surface area contributed by atoms with Crippen molar-refractivity contribution in [3.05, 3.63) is 29.8 Å². The van der Waals surface area contributed by atoms with Crippen molar-refractivity contribution in [3.63, 3.8) is 0 Å². The molecular weight excluding hydrogens is 360 g/mol. The van der Waals surface area contributed by atoms with Crippen LogP contribution in [0, 0.1) is 0 Å². The molecule has 8 unspecified atom stereocenters. The van der Waals surface area contributed by atoms with Gasteiger partial charge in [0.25, 0.3) is 0 Å².